The van der Waals surface area contributed by atoms with Crippen LogP contribution in [0, 0.1) is 33.0 Å². The highest BCUT2D eigenvalue weighted by Gasteiger charge is 2.32. The van der Waals surface area contributed by atoms with Crippen LogP contribution >= 0.6 is 35.3 Å². The second kappa shape index (κ2) is 40.2. The summed E-state index contributed by atoms with van der Waals surface area (Å²) in [6, 6.07) is 9.92. The monoisotopic (exact) mass is 1190 g/mol. The van der Waals surface area contributed by atoms with Crippen LogP contribution in [0.25, 0.3) is 0 Å². The molecule has 0 aliphatic rings. The zero-order valence-corrected chi connectivity index (χ0v) is 53.3. The van der Waals surface area contributed by atoms with Gasteiger partial charge >= 0.3 is 47.1 Å². The number of thioether (sulfide) groups is 3. The van der Waals surface area contributed by atoms with Crippen LogP contribution in [0.5, 0.6) is 0 Å². The number of carbonyl (C=O) groups excluding carboxylic acids is 8. The van der Waals surface area contributed by atoms with Crippen molar-refractivity contribution in [2.75, 3.05) is 82.1 Å². The Bertz CT molecular complexity index is 1990. The van der Waals surface area contributed by atoms with Crippen LogP contribution in [-0.2, 0) is 71.5 Å². The summed E-state index contributed by atoms with van der Waals surface area (Å²) < 4.78 is 40.1. The topological polar surface area (TPSA) is 271 Å². The maximum Gasteiger partial charge on any atom is 0.367 e. The third-order valence-corrected chi connectivity index (χ3v) is 16.1. The summed E-state index contributed by atoms with van der Waals surface area (Å²) in [5.74, 6) is 0.560. The molecule has 462 valence electrons. The molecule has 22 heteroatoms. The molecule has 0 bridgehead atoms. The standard InChI is InChI=1S/C21H38O7S.C19H28O5S.C18H32O7S/c1-8-20(4,5)18(24)28-13-16(22)12-26-17(23)9-10-29-14-21(6,7)19(25)27-11-15(2)3;1-5-19(3,4)17(21)23-11-16(20)12-24-18(22)25-13-14(2)15-9-7-6-8-10-15;1-7-17(2,3)16(22)25-11-13(19)10-24-14(20)8-9-26-12-18(4,5)15(21)23-6/h15-16,22H,8-14H2,1-7H3;6-10,14,16,20H,5,11-13H2,1-4H3;13,19H,7-12H2,1-6H3. The molecule has 1 aromatic carbocycles. The van der Waals surface area contributed by atoms with Crippen LogP contribution in [0.3, 0.4) is 0 Å². The van der Waals surface area contributed by atoms with E-state index >= 15 is 0 Å². The van der Waals surface area contributed by atoms with Crippen molar-refractivity contribution in [3.05, 3.63) is 35.9 Å². The van der Waals surface area contributed by atoms with E-state index in [1.165, 1.54) is 30.6 Å². The van der Waals surface area contributed by atoms with Crippen molar-refractivity contribution >= 4 is 82.4 Å². The first-order valence-corrected chi connectivity index (χ1v) is 30.5. The summed E-state index contributed by atoms with van der Waals surface area (Å²) in [5, 5.41) is 28.9. The van der Waals surface area contributed by atoms with E-state index in [0.717, 1.165) is 17.3 Å². The predicted octanol–water partition coefficient (Wildman–Crippen LogP) is 9.41. The molecular weight excluding hydrogens is 1100 g/mol. The van der Waals surface area contributed by atoms with Crippen molar-refractivity contribution in [3.63, 3.8) is 0 Å². The summed E-state index contributed by atoms with van der Waals surface area (Å²) in [7, 11) is 1.35. The molecule has 0 aliphatic heterocycles. The summed E-state index contributed by atoms with van der Waals surface area (Å²) in [6.45, 7) is 28.6. The van der Waals surface area contributed by atoms with Gasteiger partial charge in [0.1, 0.15) is 58.0 Å². The zero-order valence-electron chi connectivity index (χ0n) is 50.9. The number of carbonyl (C=O) groups is 8. The molecule has 0 radical (unpaired) electrons. The Kier molecular flexibility index (Phi) is 39.2. The molecule has 0 fully saturated rings. The van der Waals surface area contributed by atoms with Gasteiger partial charge in [-0.2, -0.15) is 23.5 Å². The number of ether oxygens (including phenoxy) is 8. The van der Waals surface area contributed by atoms with E-state index in [1.807, 2.05) is 85.7 Å². The average molecular weight is 1200 g/mol. The minimum Gasteiger partial charge on any atom is -0.469 e. The van der Waals surface area contributed by atoms with Crippen molar-refractivity contribution < 1.29 is 91.6 Å². The molecule has 1 aromatic rings. The molecule has 3 N–H and O–H groups in total. The lowest BCUT2D eigenvalue weighted by Gasteiger charge is -2.22. The van der Waals surface area contributed by atoms with Crippen molar-refractivity contribution in [3.8, 4) is 0 Å². The number of rotatable bonds is 35. The number of methoxy groups -OCH3 is 1. The van der Waals surface area contributed by atoms with E-state index < -0.39 is 74.6 Å². The molecular formula is C58H98O19S3. The second-order valence-electron chi connectivity index (χ2n) is 22.9. The van der Waals surface area contributed by atoms with Crippen LogP contribution in [0.1, 0.15) is 154 Å². The van der Waals surface area contributed by atoms with Crippen molar-refractivity contribution in [1.82, 2.24) is 0 Å². The van der Waals surface area contributed by atoms with Crippen molar-refractivity contribution in [2.24, 2.45) is 33.0 Å². The summed E-state index contributed by atoms with van der Waals surface area (Å²) in [6.07, 6.45) is -0.906. The number of benzene rings is 1. The molecule has 0 spiro atoms. The Hall–Kier alpha value is -4.09. The van der Waals surface area contributed by atoms with E-state index in [2.05, 4.69) is 0 Å². The van der Waals surface area contributed by atoms with Crippen molar-refractivity contribution in [2.45, 2.75) is 167 Å². The third kappa shape index (κ3) is 35.7. The summed E-state index contributed by atoms with van der Waals surface area (Å²) in [5.41, 5.74) is -1.88. The molecule has 4 unspecified atom stereocenters. The molecule has 0 aliphatic carbocycles. The summed E-state index contributed by atoms with van der Waals surface area (Å²) >= 11 is 4.00. The Morgan fingerprint density at radius 2 is 0.787 bits per heavy atom. The Balaban J connectivity index is 0. The van der Waals surface area contributed by atoms with Crippen LogP contribution in [0.15, 0.2) is 30.3 Å². The maximum absolute atomic E-state index is 12.1. The molecule has 0 saturated carbocycles. The van der Waals surface area contributed by atoms with Gasteiger partial charge in [-0.1, -0.05) is 71.9 Å². The molecule has 0 heterocycles. The first-order chi connectivity index (χ1) is 37.0. The Labute approximate surface area is 489 Å². The van der Waals surface area contributed by atoms with Gasteiger partial charge in [0.25, 0.3) is 0 Å². The smallest absolute Gasteiger partial charge is 0.367 e. The lowest BCUT2D eigenvalue weighted by atomic mass is 9.91. The van der Waals surface area contributed by atoms with Crippen LogP contribution in [0.4, 0.5) is 4.79 Å². The number of hydrogen-bond donors (Lipinski definition) is 3. The first kappa shape index (κ1) is 78.0. The normalized spacial score (nSPS) is 13.3. The SMILES string of the molecule is CCC(C)(C)C(=O)OCC(O)COC(=O)CCSCC(C)(C)C(=O)OC.CCC(C)(C)C(=O)OCC(O)COC(=O)CCSCC(C)(C)C(=O)OCC(C)C.CCC(C)(C)C(=O)OCC(O)COC(=O)SCC(C)c1ccccc1. The molecule has 4 atom stereocenters. The number of aliphatic hydroxyl groups excluding tert-OH is 3. The zero-order chi connectivity index (χ0) is 61.9. The number of hydrogen-bond acceptors (Lipinski definition) is 22. The van der Waals surface area contributed by atoms with E-state index in [1.54, 1.807) is 55.4 Å². The van der Waals surface area contributed by atoms with E-state index in [-0.39, 0.29) is 82.2 Å². The number of esters is 7. The van der Waals surface area contributed by atoms with Gasteiger partial charge < -0.3 is 53.2 Å². The van der Waals surface area contributed by atoms with E-state index in [9.17, 15) is 53.7 Å². The average Bonchev–Trinajstić information content (AvgIpc) is 3.42. The largest absolute Gasteiger partial charge is 0.469 e. The Morgan fingerprint density at radius 1 is 0.463 bits per heavy atom. The fraction of sp³-hybridized carbons (Fsp3) is 0.759. The second-order valence-corrected chi connectivity index (χ2v) is 26.0. The molecule has 0 aromatic heterocycles. The fourth-order valence-corrected chi connectivity index (χ4v) is 8.17. The quantitative estimate of drug-likeness (QED) is 0.0324. The summed E-state index contributed by atoms with van der Waals surface area (Å²) in [4.78, 5) is 94.2. The van der Waals surface area contributed by atoms with Crippen LogP contribution in [-0.4, -0.2) is 163 Å². The van der Waals surface area contributed by atoms with E-state index in [0.29, 0.717) is 54.6 Å². The predicted molar refractivity (Wildman–Crippen MR) is 313 cm³/mol. The van der Waals surface area contributed by atoms with Gasteiger partial charge in [0.2, 0.25) is 0 Å². The highest BCUT2D eigenvalue weighted by atomic mass is 32.2. The maximum atomic E-state index is 12.1. The highest BCUT2D eigenvalue weighted by molar-refractivity contribution is 8.13. The van der Waals surface area contributed by atoms with Gasteiger partial charge in [0.15, 0.2) is 0 Å². The van der Waals surface area contributed by atoms with E-state index in [4.69, 9.17) is 37.9 Å². The fourth-order valence-electron chi connectivity index (χ4n) is 5.28. The highest BCUT2D eigenvalue weighted by Crippen LogP contribution is 2.27. The number of aliphatic hydroxyl groups is 3. The van der Waals surface area contributed by atoms with Gasteiger partial charge in [-0.25, -0.2) is 4.79 Å². The van der Waals surface area contributed by atoms with Crippen molar-refractivity contribution in [1.29, 1.82) is 0 Å². The molecule has 0 amide bonds. The van der Waals surface area contributed by atoms with Gasteiger partial charge in [0, 0.05) is 28.8 Å². The molecule has 80 heavy (non-hydrogen) atoms. The molecule has 0 saturated heterocycles. The minimum atomic E-state index is -1.06. The molecule has 1 rings (SSSR count). The van der Waals surface area contributed by atoms with Gasteiger partial charge in [-0.05, 0) is 118 Å². The minimum absolute atomic E-state index is 0.164. The first-order valence-electron chi connectivity index (χ1n) is 27.2. The van der Waals surface area contributed by atoms with Gasteiger partial charge in [0.05, 0.1) is 53.6 Å². The van der Waals surface area contributed by atoms with Crippen LogP contribution < -0.4 is 0 Å². The lowest BCUT2D eigenvalue weighted by molar-refractivity contribution is -0.161. The lowest BCUT2D eigenvalue weighted by Crippen LogP contribution is -2.31. The van der Waals surface area contributed by atoms with Gasteiger partial charge in [-0.15, -0.1) is 0 Å². The third-order valence-electron chi connectivity index (χ3n) is 12.3. The van der Waals surface area contributed by atoms with Crippen LogP contribution in [0.2, 0.25) is 0 Å². The van der Waals surface area contributed by atoms with Gasteiger partial charge in [-0.3, -0.25) is 33.6 Å². The molecule has 19 nitrogen and oxygen atoms in total. The Morgan fingerprint density at radius 3 is 1.14 bits per heavy atom.